The molecule has 3 nitrogen and oxygen atoms in total. The van der Waals surface area contributed by atoms with Gasteiger partial charge in [0, 0.05) is 11.3 Å². The third-order valence-corrected chi connectivity index (χ3v) is 3.92. The van der Waals surface area contributed by atoms with Gasteiger partial charge in [0.05, 0.1) is 0 Å². The average molecular weight is 287 g/mol. The van der Waals surface area contributed by atoms with Crippen LogP contribution in [-0.4, -0.2) is 5.16 Å². The van der Waals surface area contributed by atoms with Crippen molar-refractivity contribution < 1.29 is 4.52 Å². The van der Waals surface area contributed by atoms with Crippen LogP contribution in [-0.2, 0) is 12.8 Å². The normalized spacial score (nSPS) is 10.7. The molecule has 0 bridgehead atoms. The number of nitrogens with zero attached hydrogens (tertiary/aromatic N) is 1. The summed E-state index contributed by atoms with van der Waals surface area (Å²) in [5.74, 6) is 1.27. The van der Waals surface area contributed by atoms with Gasteiger partial charge in [0.15, 0.2) is 11.6 Å². The van der Waals surface area contributed by atoms with E-state index in [0.29, 0.717) is 5.82 Å². The number of hydrogen-bond donors (Lipinski definition) is 1. The lowest BCUT2D eigenvalue weighted by atomic mass is 10.2. The Labute approximate surface area is 100 Å². The highest BCUT2D eigenvalue weighted by atomic mass is 79.9. The van der Waals surface area contributed by atoms with Gasteiger partial charge in [-0.1, -0.05) is 11.2 Å². The summed E-state index contributed by atoms with van der Waals surface area (Å²) in [6, 6.07) is 4.22. The van der Waals surface area contributed by atoms with Crippen molar-refractivity contribution in [2.24, 2.45) is 0 Å². The Morgan fingerprint density at radius 2 is 2.33 bits per heavy atom. The molecule has 15 heavy (non-hydrogen) atoms. The van der Waals surface area contributed by atoms with Gasteiger partial charge in [-0.2, -0.15) is 0 Å². The molecule has 2 heterocycles. The van der Waals surface area contributed by atoms with Crippen LogP contribution in [0, 0.1) is 0 Å². The highest BCUT2D eigenvalue weighted by Gasteiger charge is 2.10. The highest BCUT2D eigenvalue weighted by molar-refractivity contribution is 9.10. The molecule has 0 aromatic carbocycles. The predicted molar refractivity (Wildman–Crippen MR) is 65.0 cm³/mol. The van der Waals surface area contributed by atoms with Gasteiger partial charge in [-0.05, 0) is 40.2 Å². The molecule has 0 aliphatic carbocycles. The predicted octanol–water partition coefficient (Wildman–Crippen LogP) is 3.26. The van der Waals surface area contributed by atoms with Crippen molar-refractivity contribution in [2.45, 2.75) is 19.3 Å². The number of thiophene rings is 1. The van der Waals surface area contributed by atoms with Crippen LogP contribution in [0.4, 0.5) is 5.82 Å². The smallest absolute Gasteiger partial charge is 0.181 e. The van der Waals surface area contributed by atoms with Crippen LogP contribution in [0.2, 0.25) is 0 Å². The van der Waals surface area contributed by atoms with E-state index in [2.05, 4.69) is 38.6 Å². The number of hydrogen-bond acceptors (Lipinski definition) is 4. The first-order valence-corrected chi connectivity index (χ1v) is 6.36. The fourth-order valence-electron chi connectivity index (χ4n) is 1.36. The average Bonchev–Trinajstić information content (AvgIpc) is 2.83. The molecule has 0 saturated carbocycles. The lowest BCUT2D eigenvalue weighted by Gasteiger charge is -1.95. The number of anilines is 1. The van der Waals surface area contributed by atoms with Crippen LogP contribution >= 0.6 is 27.3 Å². The minimum absolute atomic E-state index is 0.432. The van der Waals surface area contributed by atoms with Gasteiger partial charge in [-0.3, -0.25) is 0 Å². The molecule has 80 valence electrons. The monoisotopic (exact) mass is 286 g/mol. The van der Waals surface area contributed by atoms with E-state index >= 15 is 0 Å². The van der Waals surface area contributed by atoms with Gasteiger partial charge in [-0.25, -0.2) is 0 Å². The number of nitrogen functional groups attached to an aromatic ring is 1. The summed E-state index contributed by atoms with van der Waals surface area (Å²) in [6.45, 7) is 0. The maximum absolute atomic E-state index is 5.56. The third-order valence-electron chi connectivity index (χ3n) is 2.13. The van der Waals surface area contributed by atoms with Crippen molar-refractivity contribution in [3.63, 3.8) is 0 Å². The number of aromatic nitrogens is 1. The maximum atomic E-state index is 5.56. The number of nitrogens with two attached hydrogens (primary N) is 1. The summed E-state index contributed by atoms with van der Waals surface area (Å²) in [6.07, 6.45) is 2.99. The van der Waals surface area contributed by atoms with Gasteiger partial charge in [0.1, 0.15) is 4.47 Å². The maximum Gasteiger partial charge on any atom is 0.181 e. The zero-order valence-electron chi connectivity index (χ0n) is 8.07. The number of rotatable bonds is 4. The molecule has 0 radical (unpaired) electrons. The van der Waals surface area contributed by atoms with Crippen molar-refractivity contribution in [1.82, 2.24) is 5.16 Å². The van der Waals surface area contributed by atoms with E-state index in [4.69, 9.17) is 10.3 Å². The Bertz CT molecular complexity index is 425. The molecule has 5 heteroatoms. The third kappa shape index (κ3) is 2.60. The first-order chi connectivity index (χ1) is 7.27. The summed E-state index contributed by atoms with van der Waals surface area (Å²) < 4.78 is 5.90. The molecule has 2 rings (SSSR count). The Morgan fingerprint density at radius 1 is 1.47 bits per heavy atom. The molecule has 0 spiro atoms. The van der Waals surface area contributed by atoms with Gasteiger partial charge >= 0.3 is 0 Å². The van der Waals surface area contributed by atoms with E-state index in [1.807, 2.05) is 0 Å². The molecule has 2 aromatic heterocycles. The summed E-state index contributed by atoms with van der Waals surface area (Å²) in [5.41, 5.74) is 5.56. The van der Waals surface area contributed by atoms with Gasteiger partial charge in [-0.15, -0.1) is 11.3 Å². The number of halogens is 1. The first kappa shape index (κ1) is 10.7. The van der Waals surface area contributed by atoms with E-state index in [0.717, 1.165) is 29.5 Å². The molecule has 0 unspecified atom stereocenters. The van der Waals surface area contributed by atoms with Crippen molar-refractivity contribution >= 4 is 33.1 Å². The lowest BCUT2D eigenvalue weighted by Crippen LogP contribution is -1.88. The van der Waals surface area contributed by atoms with Crippen LogP contribution in [0.1, 0.15) is 17.1 Å². The Morgan fingerprint density at radius 3 is 2.93 bits per heavy atom. The summed E-state index contributed by atoms with van der Waals surface area (Å²) in [5, 5.41) is 5.79. The molecule has 2 N–H and O–H groups in total. The van der Waals surface area contributed by atoms with Crippen molar-refractivity contribution in [1.29, 1.82) is 0 Å². The Balaban J connectivity index is 1.86. The lowest BCUT2D eigenvalue weighted by molar-refractivity contribution is 0.382. The topological polar surface area (TPSA) is 52.0 Å². The van der Waals surface area contributed by atoms with Crippen LogP contribution in [0.5, 0.6) is 0 Å². The van der Waals surface area contributed by atoms with E-state index in [1.165, 1.54) is 4.88 Å². The van der Waals surface area contributed by atoms with Gasteiger partial charge in [0.25, 0.3) is 0 Å². The van der Waals surface area contributed by atoms with Gasteiger partial charge in [0.2, 0.25) is 0 Å². The molecular weight excluding hydrogens is 276 g/mol. The molecule has 0 aliphatic heterocycles. The highest BCUT2D eigenvalue weighted by Crippen LogP contribution is 2.24. The minimum atomic E-state index is 0.432. The first-order valence-electron chi connectivity index (χ1n) is 4.69. The molecular formula is C10H11BrN2OS. The molecule has 0 atom stereocenters. The molecule has 0 saturated heterocycles. The molecule has 0 amide bonds. The second-order valence-electron chi connectivity index (χ2n) is 3.24. The molecule has 2 aromatic rings. The van der Waals surface area contributed by atoms with E-state index in [-0.39, 0.29) is 0 Å². The van der Waals surface area contributed by atoms with E-state index < -0.39 is 0 Å². The van der Waals surface area contributed by atoms with Crippen LogP contribution in [0.15, 0.2) is 26.5 Å². The van der Waals surface area contributed by atoms with Crippen molar-refractivity contribution in [2.75, 3.05) is 5.73 Å². The Kier molecular flexibility index (Phi) is 3.43. The molecule has 0 fully saturated rings. The SMILES string of the molecule is Nc1noc(CCCc2cccs2)c1Br. The quantitative estimate of drug-likeness (QED) is 0.939. The van der Waals surface area contributed by atoms with Gasteiger partial charge < -0.3 is 10.3 Å². The number of aryl methyl sites for hydroxylation is 2. The second-order valence-corrected chi connectivity index (χ2v) is 5.06. The van der Waals surface area contributed by atoms with Crippen LogP contribution in [0.3, 0.4) is 0 Å². The second kappa shape index (κ2) is 4.81. The minimum Gasteiger partial charge on any atom is -0.380 e. The van der Waals surface area contributed by atoms with Crippen LogP contribution in [0.25, 0.3) is 0 Å². The molecule has 0 aliphatic rings. The summed E-state index contributed by atoms with van der Waals surface area (Å²) in [7, 11) is 0. The largest absolute Gasteiger partial charge is 0.380 e. The van der Waals surface area contributed by atoms with Crippen molar-refractivity contribution in [3.8, 4) is 0 Å². The fourth-order valence-corrected chi connectivity index (χ4v) is 2.45. The zero-order valence-corrected chi connectivity index (χ0v) is 10.5. The fraction of sp³-hybridized carbons (Fsp3) is 0.300. The Hall–Kier alpha value is -0.810. The summed E-state index contributed by atoms with van der Waals surface area (Å²) >= 11 is 5.14. The van der Waals surface area contributed by atoms with Crippen LogP contribution < -0.4 is 5.73 Å². The van der Waals surface area contributed by atoms with E-state index in [1.54, 1.807) is 11.3 Å². The van der Waals surface area contributed by atoms with Crippen molar-refractivity contribution in [3.05, 3.63) is 32.6 Å². The van der Waals surface area contributed by atoms with E-state index in [9.17, 15) is 0 Å². The standard InChI is InChI=1S/C10H11BrN2OS/c11-9-8(14-13-10(9)12)5-1-3-7-4-2-6-15-7/h2,4,6H,1,3,5H2,(H2,12,13). The zero-order chi connectivity index (χ0) is 10.7. The summed E-state index contributed by atoms with van der Waals surface area (Å²) in [4.78, 5) is 1.40.